The summed E-state index contributed by atoms with van der Waals surface area (Å²) < 4.78 is 21.3. The lowest BCUT2D eigenvalue weighted by atomic mass is 10.0. The summed E-state index contributed by atoms with van der Waals surface area (Å²) in [6.45, 7) is 5.90. The standard InChI is InChI=1S/C17H33NO8.C2H5NO/c1-2-23-9-10-24-8-6-18-15(21)5-3-4-7-25-16-11-13(20)17(22)14(12-19)26-16;1-2(3)4/h13-14,16-17,19-20,22H,2-12H2,1H3,(H,18,21);1H3,(H2,3,4)/t13?,14-,16?,17-;/m1./s1. The minimum Gasteiger partial charge on any atom is -0.394 e. The van der Waals surface area contributed by atoms with E-state index in [1.165, 1.54) is 6.92 Å². The van der Waals surface area contributed by atoms with Gasteiger partial charge in [-0.15, -0.1) is 0 Å². The molecule has 1 heterocycles. The lowest BCUT2D eigenvalue weighted by Gasteiger charge is -2.36. The minimum absolute atomic E-state index is 0.0359. The molecule has 178 valence electrons. The van der Waals surface area contributed by atoms with Crippen molar-refractivity contribution < 1.29 is 43.9 Å². The molecule has 4 atom stereocenters. The Bertz CT molecular complexity index is 450. The first kappa shape index (κ1) is 28.7. The van der Waals surface area contributed by atoms with Crippen LogP contribution in [0.5, 0.6) is 0 Å². The Morgan fingerprint density at radius 3 is 2.43 bits per heavy atom. The molecule has 30 heavy (non-hydrogen) atoms. The van der Waals surface area contributed by atoms with Crippen molar-refractivity contribution in [1.82, 2.24) is 5.32 Å². The number of aliphatic hydroxyl groups excluding tert-OH is 3. The molecule has 0 aromatic heterocycles. The zero-order chi connectivity index (χ0) is 22.8. The number of hydrogen-bond donors (Lipinski definition) is 5. The van der Waals surface area contributed by atoms with E-state index in [1.807, 2.05) is 6.92 Å². The van der Waals surface area contributed by atoms with Crippen molar-refractivity contribution in [1.29, 1.82) is 0 Å². The molecule has 1 saturated heterocycles. The van der Waals surface area contributed by atoms with Gasteiger partial charge in [-0.1, -0.05) is 0 Å². The Kier molecular flexibility index (Phi) is 17.6. The fourth-order valence-electron chi connectivity index (χ4n) is 2.49. The Labute approximate surface area is 177 Å². The molecular formula is C19H38N2O9. The summed E-state index contributed by atoms with van der Waals surface area (Å²) in [6.07, 6.45) is -1.70. The molecule has 2 unspecified atom stereocenters. The van der Waals surface area contributed by atoms with E-state index in [4.69, 9.17) is 24.1 Å². The van der Waals surface area contributed by atoms with E-state index in [0.717, 1.165) is 0 Å². The number of unbranched alkanes of at least 4 members (excludes halogenated alkanes) is 1. The molecule has 1 fully saturated rings. The Morgan fingerprint density at radius 2 is 1.80 bits per heavy atom. The highest BCUT2D eigenvalue weighted by atomic mass is 16.7. The number of primary amides is 1. The number of hydrogen-bond acceptors (Lipinski definition) is 9. The van der Waals surface area contributed by atoms with E-state index >= 15 is 0 Å². The van der Waals surface area contributed by atoms with E-state index in [-0.39, 0.29) is 24.8 Å². The van der Waals surface area contributed by atoms with Crippen LogP contribution in [0.15, 0.2) is 0 Å². The van der Waals surface area contributed by atoms with E-state index < -0.39 is 24.6 Å². The van der Waals surface area contributed by atoms with Crippen LogP contribution in [0.2, 0.25) is 0 Å². The third kappa shape index (κ3) is 15.5. The van der Waals surface area contributed by atoms with Crippen molar-refractivity contribution in [3.05, 3.63) is 0 Å². The van der Waals surface area contributed by atoms with Gasteiger partial charge in [0.05, 0.1) is 32.5 Å². The molecule has 6 N–H and O–H groups in total. The summed E-state index contributed by atoms with van der Waals surface area (Å²) in [4.78, 5) is 20.9. The molecule has 2 amide bonds. The first-order valence-electron chi connectivity index (χ1n) is 10.2. The molecule has 0 bridgehead atoms. The highest BCUT2D eigenvalue weighted by Gasteiger charge is 2.36. The molecule has 11 heteroatoms. The lowest BCUT2D eigenvalue weighted by Crippen LogP contribution is -2.50. The van der Waals surface area contributed by atoms with Gasteiger partial charge in [0.25, 0.3) is 0 Å². The van der Waals surface area contributed by atoms with Crippen LogP contribution in [0.25, 0.3) is 0 Å². The smallest absolute Gasteiger partial charge is 0.220 e. The van der Waals surface area contributed by atoms with Crippen molar-refractivity contribution in [2.24, 2.45) is 5.73 Å². The molecule has 0 aromatic rings. The van der Waals surface area contributed by atoms with Crippen LogP contribution in [-0.4, -0.2) is 97.9 Å². The molecule has 1 rings (SSSR count). The SMILES string of the molecule is CC(N)=O.CCOCCOCCNC(=O)CCCCOC1CC(O)[C@@H](O)[C@@H](CO)O1. The maximum Gasteiger partial charge on any atom is 0.220 e. The number of nitrogens with one attached hydrogen (secondary N) is 1. The normalized spacial score (nSPS) is 23.4. The molecule has 0 aliphatic carbocycles. The zero-order valence-corrected chi connectivity index (χ0v) is 18.0. The Balaban J connectivity index is 0.00000192. The number of rotatable bonds is 14. The van der Waals surface area contributed by atoms with Crippen LogP contribution in [0, 0.1) is 0 Å². The Morgan fingerprint density at radius 1 is 1.13 bits per heavy atom. The van der Waals surface area contributed by atoms with Crippen molar-refractivity contribution in [3.63, 3.8) is 0 Å². The van der Waals surface area contributed by atoms with E-state index in [0.29, 0.717) is 58.8 Å². The monoisotopic (exact) mass is 438 g/mol. The van der Waals surface area contributed by atoms with Crippen LogP contribution < -0.4 is 11.1 Å². The van der Waals surface area contributed by atoms with Gasteiger partial charge in [-0.2, -0.15) is 0 Å². The second-order valence-electron chi connectivity index (χ2n) is 6.68. The summed E-state index contributed by atoms with van der Waals surface area (Å²) in [6, 6.07) is 0. The van der Waals surface area contributed by atoms with Crippen LogP contribution in [0.3, 0.4) is 0 Å². The Hall–Kier alpha value is -1.34. The van der Waals surface area contributed by atoms with Crippen molar-refractivity contribution in [3.8, 4) is 0 Å². The van der Waals surface area contributed by atoms with Gasteiger partial charge in [-0.3, -0.25) is 9.59 Å². The van der Waals surface area contributed by atoms with E-state index in [9.17, 15) is 19.8 Å². The van der Waals surface area contributed by atoms with Gasteiger partial charge in [0.2, 0.25) is 11.8 Å². The number of nitrogens with two attached hydrogens (primary N) is 1. The molecule has 1 aliphatic rings. The lowest BCUT2D eigenvalue weighted by molar-refractivity contribution is -0.256. The van der Waals surface area contributed by atoms with Crippen molar-refractivity contribution >= 4 is 11.8 Å². The average Bonchev–Trinajstić information content (AvgIpc) is 2.69. The van der Waals surface area contributed by atoms with E-state index in [1.54, 1.807) is 0 Å². The largest absolute Gasteiger partial charge is 0.394 e. The van der Waals surface area contributed by atoms with Gasteiger partial charge in [-0.05, 0) is 19.8 Å². The van der Waals surface area contributed by atoms with Gasteiger partial charge < -0.3 is 45.3 Å². The molecular weight excluding hydrogens is 400 g/mol. The zero-order valence-electron chi connectivity index (χ0n) is 18.0. The summed E-state index contributed by atoms with van der Waals surface area (Å²) in [5.41, 5.74) is 4.47. The van der Waals surface area contributed by atoms with Crippen LogP contribution in [-0.2, 0) is 28.5 Å². The molecule has 0 aromatic carbocycles. The predicted octanol–water partition coefficient (Wildman–Crippen LogP) is -1.34. The summed E-state index contributed by atoms with van der Waals surface area (Å²) in [5, 5.41) is 31.2. The van der Waals surface area contributed by atoms with E-state index in [2.05, 4.69) is 11.1 Å². The summed E-state index contributed by atoms with van der Waals surface area (Å²) in [7, 11) is 0. The van der Waals surface area contributed by atoms with Gasteiger partial charge in [0, 0.05) is 39.5 Å². The topological polar surface area (TPSA) is 170 Å². The number of ether oxygens (including phenoxy) is 4. The maximum absolute atomic E-state index is 11.7. The van der Waals surface area contributed by atoms with Crippen molar-refractivity contribution in [2.75, 3.05) is 46.2 Å². The molecule has 0 saturated carbocycles. The van der Waals surface area contributed by atoms with Crippen LogP contribution in [0.4, 0.5) is 0 Å². The second kappa shape index (κ2) is 18.4. The number of amides is 2. The van der Waals surface area contributed by atoms with Crippen LogP contribution >= 0.6 is 0 Å². The average molecular weight is 439 g/mol. The quantitative estimate of drug-likeness (QED) is 0.206. The van der Waals surface area contributed by atoms with Gasteiger partial charge in [-0.25, -0.2) is 0 Å². The van der Waals surface area contributed by atoms with Gasteiger partial charge >= 0.3 is 0 Å². The fourth-order valence-corrected chi connectivity index (χ4v) is 2.49. The first-order valence-corrected chi connectivity index (χ1v) is 10.2. The fraction of sp³-hybridized carbons (Fsp3) is 0.895. The highest BCUT2D eigenvalue weighted by molar-refractivity contribution is 5.75. The molecule has 1 aliphatic heterocycles. The molecule has 0 radical (unpaired) electrons. The number of carbonyl (C=O) groups is 2. The summed E-state index contributed by atoms with van der Waals surface area (Å²) in [5.74, 6) is -0.369. The minimum atomic E-state index is -1.10. The third-order valence-electron chi connectivity index (χ3n) is 3.96. The summed E-state index contributed by atoms with van der Waals surface area (Å²) >= 11 is 0. The second-order valence-corrected chi connectivity index (χ2v) is 6.68. The maximum atomic E-state index is 11.7. The predicted molar refractivity (Wildman–Crippen MR) is 107 cm³/mol. The van der Waals surface area contributed by atoms with Crippen LogP contribution in [0.1, 0.15) is 39.5 Å². The third-order valence-corrected chi connectivity index (χ3v) is 3.96. The number of carbonyl (C=O) groups excluding carboxylic acids is 2. The number of aliphatic hydroxyl groups is 3. The molecule has 11 nitrogen and oxygen atoms in total. The molecule has 0 spiro atoms. The highest BCUT2D eigenvalue weighted by Crippen LogP contribution is 2.21. The van der Waals surface area contributed by atoms with Gasteiger partial charge in [0.1, 0.15) is 12.2 Å². The first-order chi connectivity index (χ1) is 14.3. The van der Waals surface area contributed by atoms with Gasteiger partial charge in [0.15, 0.2) is 6.29 Å². The van der Waals surface area contributed by atoms with Crippen molar-refractivity contribution in [2.45, 2.75) is 64.1 Å².